The van der Waals surface area contributed by atoms with Crippen LogP contribution in [-0.2, 0) is 0 Å². The Bertz CT molecular complexity index is 504. The van der Waals surface area contributed by atoms with Gasteiger partial charge >= 0.3 is 6.18 Å². The van der Waals surface area contributed by atoms with Crippen LogP contribution in [0, 0.1) is 0 Å². The molecule has 0 unspecified atom stereocenters. The molecule has 20 heavy (non-hydrogen) atoms. The number of fused-ring (bicyclic) bond motifs is 1. The van der Waals surface area contributed by atoms with Gasteiger partial charge in [-0.1, -0.05) is 0 Å². The van der Waals surface area contributed by atoms with Crippen molar-refractivity contribution < 1.29 is 32.5 Å². The maximum Gasteiger partial charge on any atom is 0.406 e. The number of amides is 1. The summed E-state index contributed by atoms with van der Waals surface area (Å²) in [5.74, 6) is -0.0763. The summed E-state index contributed by atoms with van der Waals surface area (Å²) >= 11 is 0. The van der Waals surface area contributed by atoms with E-state index < -0.39 is 31.8 Å². The van der Waals surface area contributed by atoms with E-state index in [1.54, 1.807) is 0 Å². The lowest BCUT2D eigenvalue weighted by atomic mass is 10.1. The molecule has 0 radical (unpaired) electrons. The number of ether oxygens (including phenoxy) is 2. The minimum atomic E-state index is -4.53. The summed E-state index contributed by atoms with van der Waals surface area (Å²) in [4.78, 5) is 12.6. The molecule has 0 saturated heterocycles. The van der Waals surface area contributed by atoms with E-state index in [9.17, 15) is 18.0 Å². The van der Waals surface area contributed by atoms with Gasteiger partial charge in [0.1, 0.15) is 6.54 Å². The van der Waals surface area contributed by atoms with Gasteiger partial charge in [0.05, 0.1) is 6.61 Å². The van der Waals surface area contributed by atoms with E-state index in [0.717, 1.165) is 0 Å². The molecular formula is C12H12F3NO4. The van der Waals surface area contributed by atoms with Crippen LogP contribution in [0.5, 0.6) is 11.5 Å². The number of aliphatic hydroxyl groups is 1. The number of hydrogen-bond donors (Lipinski definition) is 1. The van der Waals surface area contributed by atoms with Crippen LogP contribution in [0.15, 0.2) is 18.2 Å². The molecule has 8 heteroatoms. The van der Waals surface area contributed by atoms with Crippen LogP contribution in [0.1, 0.15) is 10.4 Å². The van der Waals surface area contributed by atoms with Gasteiger partial charge in [0.15, 0.2) is 11.5 Å². The molecule has 0 spiro atoms. The monoisotopic (exact) mass is 291 g/mol. The third-order valence-corrected chi connectivity index (χ3v) is 2.65. The van der Waals surface area contributed by atoms with Gasteiger partial charge in [-0.15, -0.1) is 0 Å². The van der Waals surface area contributed by atoms with E-state index in [2.05, 4.69) is 0 Å². The minimum absolute atomic E-state index is 0.00980. The Morgan fingerprint density at radius 2 is 2.00 bits per heavy atom. The second-order valence-electron chi connectivity index (χ2n) is 4.13. The van der Waals surface area contributed by atoms with Crippen LogP contribution in [0.3, 0.4) is 0 Å². The fourth-order valence-corrected chi connectivity index (χ4v) is 1.80. The molecule has 0 fully saturated rings. The number of halogens is 3. The Morgan fingerprint density at radius 3 is 2.65 bits per heavy atom. The van der Waals surface area contributed by atoms with Crippen molar-refractivity contribution in [3.8, 4) is 11.5 Å². The van der Waals surface area contributed by atoms with E-state index in [1.807, 2.05) is 0 Å². The Balaban J connectivity index is 2.18. The summed E-state index contributed by atoms with van der Waals surface area (Å²) in [6.45, 7) is -2.35. The molecule has 1 amide bonds. The first kappa shape index (κ1) is 14.4. The molecule has 1 N–H and O–H groups in total. The van der Waals surface area contributed by atoms with E-state index >= 15 is 0 Å². The lowest BCUT2D eigenvalue weighted by Gasteiger charge is -2.23. The maximum atomic E-state index is 12.4. The number of nitrogens with zero attached hydrogens (tertiary/aromatic N) is 1. The van der Waals surface area contributed by atoms with Gasteiger partial charge in [0.25, 0.3) is 5.91 Å². The summed E-state index contributed by atoms with van der Waals surface area (Å²) < 4.78 is 47.3. The largest absolute Gasteiger partial charge is 0.454 e. The Morgan fingerprint density at radius 1 is 1.30 bits per heavy atom. The Labute approximate surface area is 112 Å². The summed E-state index contributed by atoms with van der Waals surface area (Å²) in [7, 11) is 0. The fourth-order valence-electron chi connectivity index (χ4n) is 1.80. The zero-order chi connectivity index (χ0) is 14.8. The molecule has 5 nitrogen and oxygen atoms in total. The van der Waals surface area contributed by atoms with Crippen molar-refractivity contribution in [2.45, 2.75) is 6.18 Å². The number of aliphatic hydroxyl groups excluding tert-OH is 1. The molecule has 1 aromatic carbocycles. The van der Waals surface area contributed by atoms with Gasteiger partial charge in [-0.3, -0.25) is 4.79 Å². The molecule has 0 bridgehead atoms. The van der Waals surface area contributed by atoms with E-state index in [4.69, 9.17) is 14.6 Å². The highest BCUT2D eigenvalue weighted by Crippen LogP contribution is 2.33. The molecular weight excluding hydrogens is 279 g/mol. The normalized spacial score (nSPS) is 13.4. The molecule has 1 heterocycles. The summed E-state index contributed by atoms with van der Waals surface area (Å²) in [5.41, 5.74) is 0.0481. The first-order valence-corrected chi connectivity index (χ1v) is 5.77. The van der Waals surface area contributed by atoms with Gasteiger partial charge in [-0.2, -0.15) is 13.2 Å². The number of carbonyl (C=O) groups excluding carboxylic acids is 1. The number of carbonyl (C=O) groups is 1. The standard InChI is InChI=1S/C12H12F3NO4/c13-12(14,15)6-16(3-4-17)11(18)8-1-2-9-10(5-8)20-7-19-9/h1-2,5,17H,3-4,6-7H2. The molecule has 1 aliphatic rings. The van der Waals surface area contributed by atoms with E-state index in [1.165, 1.54) is 18.2 Å². The second-order valence-corrected chi connectivity index (χ2v) is 4.13. The van der Waals surface area contributed by atoms with Crippen molar-refractivity contribution in [1.29, 1.82) is 0 Å². The van der Waals surface area contributed by atoms with Gasteiger partial charge in [0, 0.05) is 12.1 Å². The van der Waals surface area contributed by atoms with Crippen molar-refractivity contribution in [2.24, 2.45) is 0 Å². The van der Waals surface area contributed by atoms with Crippen LogP contribution in [-0.4, -0.2) is 48.6 Å². The lowest BCUT2D eigenvalue weighted by Crippen LogP contribution is -2.40. The van der Waals surface area contributed by atoms with E-state index in [-0.39, 0.29) is 12.4 Å². The van der Waals surface area contributed by atoms with Crippen LogP contribution < -0.4 is 9.47 Å². The topological polar surface area (TPSA) is 59.0 Å². The van der Waals surface area contributed by atoms with Crippen LogP contribution in [0.25, 0.3) is 0 Å². The second kappa shape index (κ2) is 5.58. The van der Waals surface area contributed by atoms with Gasteiger partial charge in [-0.05, 0) is 18.2 Å². The van der Waals surface area contributed by atoms with E-state index in [0.29, 0.717) is 16.4 Å². The fraction of sp³-hybridized carbons (Fsp3) is 0.417. The summed E-state index contributed by atoms with van der Waals surface area (Å²) in [5, 5.41) is 8.78. The van der Waals surface area contributed by atoms with Gasteiger partial charge < -0.3 is 19.5 Å². The molecule has 110 valence electrons. The van der Waals surface area contributed by atoms with Crippen LogP contribution in [0.2, 0.25) is 0 Å². The quantitative estimate of drug-likeness (QED) is 0.911. The van der Waals surface area contributed by atoms with Crippen molar-refractivity contribution >= 4 is 5.91 Å². The number of rotatable bonds is 4. The zero-order valence-corrected chi connectivity index (χ0v) is 10.3. The number of alkyl halides is 3. The highest BCUT2D eigenvalue weighted by atomic mass is 19.4. The molecule has 0 aromatic heterocycles. The number of benzene rings is 1. The zero-order valence-electron chi connectivity index (χ0n) is 10.3. The smallest absolute Gasteiger partial charge is 0.406 e. The van der Waals surface area contributed by atoms with Crippen LogP contribution in [0.4, 0.5) is 13.2 Å². The van der Waals surface area contributed by atoms with Crippen molar-refractivity contribution in [2.75, 3.05) is 26.5 Å². The molecule has 1 aliphatic heterocycles. The Kier molecular flexibility index (Phi) is 4.03. The average molecular weight is 291 g/mol. The molecule has 2 rings (SSSR count). The first-order valence-electron chi connectivity index (χ1n) is 5.77. The highest BCUT2D eigenvalue weighted by Gasteiger charge is 2.33. The lowest BCUT2D eigenvalue weighted by molar-refractivity contribution is -0.141. The van der Waals surface area contributed by atoms with Crippen molar-refractivity contribution in [3.05, 3.63) is 23.8 Å². The summed E-state index contributed by atoms with van der Waals surface area (Å²) in [6, 6.07) is 4.14. The predicted molar refractivity (Wildman–Crippen MR) is 61.6 cm³/mol. The average Bonchev–Trinajstić information content (AvgIpc) is 2.83. The maximum absolute atomic E-state index is 12.4. The van der Waals surface area contributed by atoms with Gasteiger partial charge in [0.2, 0.25) is 6.79 Å². The highest BCUT2D eigenvalue weighted by molar-refractivity contribution is 5.95. The van der Waals surface area contributed by atoms with Crippen molar-refractivity contribution in [3.63, 3.8) is 0 Å². The first-order chi connectivity index (χ1) is 9.40. The third kappa shape index (κ3) is 3.32. The molecule has 0 atom stereocenters. The van der Waals surface area contributed by atoms with Crippen LogP contribution >= 0.6 is 0 Å². The third-order valence-electron chi connectivity index (χ3n) is 2.65. The Hall–Kier alpha value is -1.96. The minimum Gasteiger partial charge on any atom is -0.454 e. The van der Waals surface area contributed by atoms with Crippen molar-refractivity contribution in [1.82, 2.24) is 4.90 Å². The molecule has 0 aliphatic carbocycles. The predicted octanol–water partition coefficient (Wildman–Crippen LogP) is 1.41. The molecule has 1 aromatic rings. The molecule has 0 saturated carbocycles. The van der Waals surface area contributed by atoms with Gasteiger partial charge in [-0.25, -0.2) is 0 Å². The summed E-state index contributed by atoms with van der Waals surface area (Å²) in [6.07, 6.45) is -4.53. The number of hydrogen-bond acceptors (Lipinski definition) is 4. The SMILES string of the molecule is O=C(c1ccc2c(c1)OCO2)N(CCO)CC(F)(F)F.